The summed E-state index contributed by atoms with van der Waals surface area (Å²) in [5.74, 6) is 0.767. The third-order valence-electron chi connectivity index (χ3n) is 7.85. The number of carbonyl (C=O) groups excluding carboxylic acids is 1. The smallest absolute Gasteiger partial charge is 0.410 e. The molecule has 1 fully saturated rings. The van der Waals surface area contributed by atoms with Gasteiger partial charge in [0.2, 0.25) is 5.78 Å². The minimum Gasteiger partial charge on any atom is -0.444 e. The Labute approximate surface area is 258 Å². The Morgan fingerprint density at radius 3 is 2.36 bits per heavy atom. The van der Waals surface area contributed by atoms with Crippen molar-refractivity contribution in [3.63, 3.8) is 0 Å². The molecule has 4 aromatic rings. The van der Waals surface area contributed by atoms with Crippen molar-refractivity contribution in [3.05, 3.63) is 56.8 Å². The molecule has 0 unspecified atom stereocenters. The van der Waals surface area contributed by atoms with E-state index in [-0.39, 0.29) is 11.7 Å². The van der Waals surface area contributed by atoms with Crippen LogP contribution in [0.3, 0.4) is 0 Å². The summed E-state index contributed by atoms with van der Waals surface area (Å²) in [5.41, 5.74) is 3.86. The highest BCUT2D eigenvalue weighted by molar-refractivity contribution is 9.10. The summed E-state index contributed by atoms with van der Waals surface area (Å²) >= 11 is 3.52. The van der Waals surface area contributed by atoms with Gasteiger partial charge < -0.3 is 14.2 Å². The Balaban J connectivity index is 0.000000211. The Bertz CT molecular complexity index is 1580. The maximum atomic E-state index is 12.8. The summed E-state index contributed by atoms with van der Waals surface area (Å²) in [6.45, 7) is 13.8. The lowest BCUT2D eigenvalue weighted by Crippen LogP contribution is -2.38. The quantitative estimate of drug-likeness (QED) is 0.180. The second-order valence-corrected chi connectivity index (χ2v) is 13.4. The molecule has 2 aromatic carbocycles. The van der Waals surface area contributed by atoms with Crippen molar-refractivity contribution < 1.29 is 9.53 Å². The summed E-state index contributed by atoms with van der Waals surface area (Å²) < 4.78 is 10.7. The van der Waals surface area contributed by atoms with Crippen molar-refractivity contribution in [1.82, 2.24) is 18.9 Å². The maximum absolute atomic E-state index is 12.8. The number of imidazole rings is 1. The van der Waals surface area contributed by atoms with Crippen molar-refractivity contribution in [2.75, 3.05) is 13.1 Å². The molecular formula is C34H47BrN4O3. The van der Waals surface area contributed by atoms with E-state index < -0.39 is 5.60 Å². The molecule has 1 aliphatic carbocycles. The molecule has 2 aromatic heterocycles. The first-order chi connectivity index (χ1) is 20.1. The maximum Gasteiger partial charge on any atom is 0.410 e. The normalized spacial score (nSPS) is 14.0. The number of carbonyl (C=O) groups is 1. The van der Waals surface area contributed by atoms with E-state index in [1.807, 2.05) is 43.9 Å². The average Bonchev–Trinajstić information content (AvgIpc) is 3.55. The van der Waals surface area contributed by atoms with Crippen molar-refractivity contribution in [1.29, 1.82) is 0 Å². The van der Waals surface area contributed by atoms with Gasteiger partial charge in [0.05, 0.1) is 21.9 Å². The summed E-state index contributed by atoms with van der Waals surface area (Å²) in [4.78, 5) is 31.1. The largest absolute Gasteiger partial charge is 0.444 e. The summed E-state index contributed by atoms with van der Waals surface area (Å²) in [7, 11) is 0. The zero-order chi connectivity index (χ0) is 30.4. The fourth-order valence-corrected chi connectivity index (χ4v) is 6.31. The molecule has 5 rings (SSSR count). The molecular weight excluding hydrogens is 592 g/mol. The number of aryl methyl sites for hydroxylation is 1. The number of unbranched alkanes of at least 4 members (excludes halogenated alkanes) is 3. The first kappa shape index (κ1) is 32.1. The standard InChI is InChI=1S/C20H18BrN3O.C14H29NO2/c1-12-9-10-15-17(11-12)23(13-5-2-3-6-13)20-22-19(25)18-14(21)7-4-8-16(18)24(15)20;1-6-8-10-12-15(11-9-7-2)13(16)17-14(3,4)5/h4,7-11,13H,2-3,5-6H2,1H3;6-12H2,1-5H3. The third kappa shape index (κ3) is 7.36. The molecule has 228 valence electrons. The minimum atomic E-state index is -0.397. The van der Waals surface area contributed by atoms with Crippen LogP contribution in [0.15, 0.2) is 45.7 Å². The fraction of sp³-hybridized carbons (Fsp3) is 0.559. The molecule has 1 aliphatic rings. The van der Waals surface area contributed by atoms with Crippen LogP contribution >= 0.6 is 15.9 Å². The van der Waals surface area contributed by atoms with E-state index in [4.69, 9.17) is 4.74 Å². The molecule has 0 spiro atoms. The van der Waals surface area contributed by atoms with Gasteiger partial charge in [0, 0.05) is 23.6 Å². The van der Waals surface area contributed by atoms with Crippen LogP contribution < -0.4 is 5.56 Å². The third-order valence-corrected chi connectivity index (χ3v) is 8.51. The van der Waals surface area contributed by atoms with Gasteiger partial charge in [-0.05, 0) is 99.1 Å². The van der Waals surface area contributed by atoms with Crippen molar-refractivity contribution in [2.45, 2.75) is 111 Å². The number of ether oxygens (including phenoxy) is 1. The van der Waals surface area contributed by atoms with E-state index in [0.29, 0.717) is 11.4 Å². The number of aromatic nitrogens is 3. The van der Waals surface area contributed by atoms with Crippen LogP contribution in [0.2, 0.25) is 0 Å². The first-order valence-corrected chi connectivity index (χ1v) is 16.4. The van der Waals surface area contributed by atoms with E-state index in [2.05, 4.69) is 68.9 Å². The van der Waals surface area contributed by atoms with E-state index in [9.17, 15) is 9.59 Å². The number of hydrogen-bond acceptors (Lipinski definition) is 4. The Morgan fingerprint density at radius 1 is 1.00 bits per heavy atom. The Kier molecular flexibility index (Phi) is 10.7. The lowest BCUT2D eigenvalue weighted by Gasteiger charge is -2.27. The molecule has 1 amide bonds. The Hall–Kier alpha value is -2.87. The monoisotopic (exact) mass is 638 g/mol. The minimum absolute atomic E-state index is 0.165. The molecule has 8 heteroatoms. The summed E-state index contributed by atoms with van der Waals surface area (Å²) in [6.07, 6.45) is 10.2. The van der Waals surface area contributed by atoms with Gasteiger partial charge in [0.1, 0.15) is 5.60 Å². The second-order valence-electron chi connectivity index (χ2n) is 12.5. The van der Waals surface area contributed by atoms with Gasteiger partial charge >= 0.3 is 6.09 Å². The van der Waals surface area contributed by atoms with Gasteiger partial charge in [-0.25, -0.2) is 4.79 Å². The van der Waals surface area contributed by atoms with Crippen molar-refractivity contribution >= 4 is 49.7 Å². The number of halogens is 1. The fourth-order valence-electron chi connectivity index (χ4n) is 5.78. The summed E-state index contributed by atoms with van der Waals surface area (Å²) in [6, 6.07) is 12.8. The molecule has 0 aliphatic heterocycles. The number of benzene rings is 2. The second kappa shape index (κ2) is 14.1. The molecule has 2 heterocycles. The SMILES string of the molecule is CCCCCN(CCCC)C(=O)OC(C)(C)C.Cc1ccc2c(c1)n(C1CCCC1)c1nc(=O)c3c(Br)cccc3n21. The number of rotatable bonds is 8. The van der Waals surface area contributed by atoms with Crippen molar-refractivity contribution in [3.8, 4) is 0 Å². The van der Waals surface area contributed by atoms with Crippen LogP contribution in [0.25, 0.3) is 27.7 Å². The predicted molar refractivity (Wildman–Crippen MR) is 177 cm³/mol. The lowest BCUT2D eigenvalue weighted by molar-refractivity contribution is 0.0244. The lowest BCUT2D eigenvalue weighted by atomic mass is 10.2. The van der Waals surface area contributed by atoms with E-state index >= 15 is 0 Å². The zero-order valence-corrected chi connectivity index (χ0v) is 27.8. The topological polar surface area (TPSA) is 68.8 Å². The number of fused-ring (bicyclic) bond motifs is 5. The first-order valence-electron chi connectivity index (χ1n) is 15.6. The molecule has 7 nitrogen and oxygen atoms in total. The molecule has 0 radical (unpaired) electrons. The highest BCUT2D eigenvalue weighted by atomic mass is 79.9. The molecule has 42 heavy (non-hydrogen) atoms. The van der Waals surface area contributed by atoms with Crippen molar-refractivity contribution in [2.24, 2.45) is 0 Å². The molecule has 0 atom stereocenters. The van der Waals surface area contributed by atoms with Crippen LogP contribution in [-0.2, 0) is 4.74 Å². The highest BCUT2D eigenvalue weighted by Crippen LogP contribution is 2.36. The van der Waals surface area contributed by atoms with Gasteiger partial charge in [0.15, 0.2) is 0 Å². The van der Waals surface area contributed by atoms with Crippen LogP contribution in [0.5, 0.6) is 0 Å². The van der Waals surface area contributed by atoms with Crippen LogP contribution in [-0.4, -0.2) is 43.6 Å². The van der Waals surface area contributed by atoms with Crippen LogP contribution in [0.4, 0.5) is 4.79 Å². The number of nitrogens with zero attached hydrogens (tertiary/aromatic N) is 4. The van der Waals surface area contributed by atoms with E-state index in [0.717, 1.165) is 66.5 Å². The van der Waals surface area contributed by atoms with Gasteiger partial charge in [-0.2, -0.15) is 4.98 Å². The Morgan fingerprint density at radius 2 is 1.69 bits per heavy atom. The molecule has 1 saturated carbocycles. The van der Waals surface area contributed by atoms with Gasteiger partial charge in [-0.3, -0.25) is 9.20 Å². The van der Waals surface area contributed by atoms with Gasteiger partial charge in [-0.15, -0.1) is 0 Å². The molecule has 0 bridgehead atoms. The number of hydrogen-bond donors (Lipinski definition) is 0. The van der Waals surface area contributed by atoms with Gasteiger partial charge in [0.25, 0.3) is 5.56 Å². The number of amides is 1. The molecule has 0 N–H and O–H groups in total. The zero-order valence-electron chi connectivity index (χ0n) is 26.2. The molecule has 0 saturated heterocycles. The highest BCUT2D eigenvalue weighted by Gasteiger charge is 2.25. The van der Waals surface area contributed by atoms with E-state index in [1.165, 1.54) is 36.8 Å². The average molecular weight is 640 g/mol. The van der Waals surface area contributed by atoms with Crippen LogP contribution in [0, 0.1) is 6.92 Å². The van der Waals surface area contributed by atoms with Crippen LogP contribution in [0.1, 0.15) is 104 Å². The summed E-state index contributed by atoms with van der Waals surface area (Å²) in [5, 5.41) is 0.644. The van der Waals surface area contributed by atoms with E-state index in [1.54, 1.807) is 0 Å². The van der Waals surface area contributed by atoms with Gasteiger partial charge in [-0.1, -0.05) is 58.1 Å². The predicted octanol–water partition coefficient (Wildman–Crippen LogP) is 9.20.